The number of rotatable bonds is 3. The van der Waals surface area contributed by atoms with Crippen LogP contribution in [0, 0.1) is 23.0 Å². The highest BCUT2D eigenvalue weighted by molar-refractivity contribution is 7.98. The Balaban J connectivity index is 1.48. The van der Waals surface area contributed by atoms with Gasteiger partial charge >= 0.3 is 6.09 Å². The molecule has 0 unspecified atom stereocenters. The number of hydrogen-bond acceptors (Lipinski definition) is 10. The highest BCUT2D eigenvalue weighted by atomic mass is 35.5. The van der Waals surface area contributed by atoms with Gasteiger partial charge in [0.15, 0.2) is 16.7 Å². The molecule has 2 saturated heterocycles. The highest BCUT2D eigenvalue weighted by Crippen LogP contribution is 2.52. The second-order valence-electron chi connectivity index (χ2n) is 12.1. The Morgan fingerprint density at radius 1 is 1.24 bits per heavy atom. The van der Waals surface area contributed by atoms with Crippen molar-refractivity contribution in [1.82, 2.24) is 9.97 Å². The number of carbonyl (C=O) groups excluding carboxylic acids is 1. The van der Waals surface area contributed by atoms with E-state index in [-0.39, 0.29) is 66.3 Å². The summed E-state index contributed by atoms with van der Waals surface area (Å²) in [5.74, 6) is -0.611. The summed E-state index contributed by atoms with van der Waals surface area (Å²) < 4.78 is 50.0. The minimum Gasteiger partial charge on any atom is -0.491 e. The number of amides is 1. The van der Waals surface area contributed by atoms with Crippen molar-refractivity contribution in [2.24, 2.45) is 0 Å². The topological polar surface area (TPSA) is 110 Å². The highest BCUT2D eigenvalue weighted by Gasteiger charge is 2.47. The van der Waals surface area contributed by atoms with Crippen molar-refractivity contribution in [3.05, 3.63) is 34.4 Å². The molecule has 2 aromatic carbocycles. The number of nitrogens with one attached hydrogen (secondary N) is 1. The fourth-order valence-electron chi connectivity index (χ4n) is 6.57. The van der Waals surface area contributed by atoms with E-state index in [4.69, 9.17) is 30.8 Å². The first kappa shape index (κ1) is 30.2. The Labute approximate surface area is 270 Å². The molecule has 1 amide bonds. The van der Waals surface area contributed by atoms with Crippen LogP contribution in [0.2, 0.25) is 5.02 Å². The molecule has 4 aromatic rings. The van der Waals surface area contributed by atoms with Crippen LogP contribution < -0.4 is 15.0 Å². The van der Waals surface area contributed by atoms with Crippen molar-refractivity contribution in [2.45, 2.75) is 69.0 Å². The molecule has 2 fully saturated rings. The van der Waals surface area contributed by atoms with Gasteiger partial charge in [-0.3, -0.25) is 5.32 Å². The Kier molecular flexibility index (Phi) is 7.47. The van der Waals surface area contributed by atoms with Crippen molar-refractivity contribution >= 4 is 72.6 Å². The molecule has 3 aliphatic heterocycles. The molecule has 9 nitrogen and oxygen atoms in total. The van der Waals surface area contributed by atoms with Crippen molar-refractivity contribution in [3.63, 3.8) is 0 Å². The number of thiophene rings is 1. The van der Waals surface area contributed by atoms with E-state index in [1.165, 1.54) is 23.9 Å². The van der Waals surface area contributed by atoms with E-state index in [2.05, 4.69) is 21.3 Å². The summed E-state index contributed by atoms with van der Waals surface area (Å²) in [6.07, 6.45) is 3.39. The fourth-order valence-corrected chi connectivity index (χ4v) is 8.34. The van der Waals surface area contributed by atoms with Gasteiger partial charge in [0.05, 0.1) is 39.4 Å². The number of nitrogens with zero attached hydrogens (tertiary/aromatic N) is 4. The molecular formula is C31H28ClF2N5O4S2. The molecule has 1 N–H and O–H groups in total. The second kappa shape index (κ2) is 11.1. The summed E-state index contributed by atoms with van der Waals surface area (Å²) >= 11 is 9.20. The molecule has 0 spiro atoms. The maximum absolute atomic E-state index is 17.0. The van der Waals surface area contributed by atoms with Gasteiger partial charge in [-0.15, -0.1) is 11.3 Å². The first-order valence-corrected chi connectivity index (χ1v) is 16.9. The standard InChI is InChI=1S/C31H28ClF2N5O4S2/c1-31(2,3)43-30(40)38-28-15(12-35)19-14(5-6-16(33)26(19)45-28)20-22(32)25-21-24(23(20)34)36-29(44-4)37-27(21)39-13(7-9-42-25)11-18-17(39)8-10-41-18/h5-6,13,17-18H,7-11H2,1-4H3,(H,38,40)/t13-,17+,18+/m1/s1. The molecule has 14 heteroatoms. The van der Waals surface area contributed by atoms with Crippen LogP contribution >= 0.6 is 34.7 Å². The van der Waals surface area contributed by atoms with Crippen LogP contribution in [0.5, 0.6) is 5.75 Å². The number of nitriles is 1. The summed E-state index contributed by atoms with van der Waals surface area (Å²) in [5.41, 5.74) is -0.756. The normalized spacial score (nSPS) is 20.8. The zero-order valence-corrected chi connectivity index (χ0v) is 27.2. The molecular weight excluding hydrogens is 644 g/mol. The lowest BCUT2D eigenvalue weighted by molar-refractivity contribution is 0.0636. The number of hydrogen-bond donors (Lipinski definition) is 1. The number of fused-ring (bicyclic) bond motifs is 5. The minimum atomic E-state index is -0.809. The number of ether oxygens (including phenoxy) is 3. The van der Waals surface area contributed by atoms with Crippen LogP contribution in [0.25, 0.3) is 32.1 Å². The van der Waals surface area contributed by atoms with Gasteiger partial charge in [0.25, 0.3) is 0 Å². The molecule has 7 rings (SSSR count). The summed E-state index contributed by atoms with van der Waals surface area (Å²) in [4.78, 5) is 24.3. The van der Waals surface area contributed by atoms with E-state index in [0.29, 0.717) is 36.0 Å². The minimum absolute atomic E-state index is 0.0140. The number of halogens is 3. The summed E-state index contributed by atoms with van der Waals surface area (Å²) in [5, 5.41) is 13.7. The van der Waals surface area contributed by atoms with Gasteiger partial charge in [-0.05, 0) is 51.5 Å². The number of anilines is 2. The molecule has 0 saturated carbocycles. The van der Waals surface area contributed by atoms with E-state index in [1.807, 2.05) is 6.26 Å². The van der Waals surface area contributed by atoms with Crippen molar-refractivity contribution in [3.8, 4) is 22.9 Å². The quantitative estimate of drug-likeness (QED) is 0.172. The molecule has 5 heterocycles. The number of aromatic nitrogens is 2. The third kappa shape index (κ3) is 4.93. The number of thioether (sulfide) groups is 1. The first-order valence-electron chi connectivity index (χ1n) is 14.5. The Morgan fingerprint density at radius 3 is 2.78 bits per heavy atom. The molecule has 0 aliphatic carbocycles. The van der Waals surface area contributed by atoms with Gasteiger partial charge in [0, 0.05) is 30.0 Å². The van der Waals surface area contributed by atoms with Gasteiger partial charge in [-0.25, -0.2) is 23.5 Å². The van der Waals surface area contributed by atoms with Gasteiger partial charge in [-0.1, -0.05) is 29.4 Å². The van der Waals surface area contributed by atoms with Crippen LogP contribution in [0.15, 0.2) is 17.3 Å². The Hall–Kier alpha value is -3.44. The van der Waals surface area contributed by atoms with Gasteiger partial charge in [0.1, 0.15) is 33.8 Å². The van der Waals surface area contributed by atoms with Crippen LogP contribution in [-0.4, -0.2) is 59.3 Å². The third-order valence-electron chi connectivity index (χ3n) is 8.28. The Bertz CT molecular complexity index is 1940. The lowest BCUT2D eigenvalue weighted by Gasteiger charge is -2.34. The summed E-state index contributed by atoms with van der Waals surface area (Å²) in [7, 11) is 0. The summed E-state index contributed by atoms with van der Waals surface area (Å²) in [6.45, 7) is 6.06. The first-order chi connectivity index (χ1) is 21.5. The predicted molar refractivity (Wildman–Crippen MR) is 171 cm³/mol. The predicted octanol–water partition coefficient (Wildman–Crippen LogP) is 7.90. The molecule has 45 heavy (non-hydrogen) atoms. The Morgan fingerprint density at radius 2 is 2.04 bits per heavy atom. The molecule has 234 valence electrons. The van der Waals surface area contributed by atoms with Crippen LogP contribution in [0.4, 0.5) is 24.4 Å². The lowest BCUT2D eigenvalue weighted by atomic mass is 9.96. The third-order valence-corrected chi connectivity index (χ3v) is 10.3. The van der Waals surface area contributed by atoms with E-state index < -0.39 is 23.3 Å². The van der Waals surface area contributed by atoms with Gasteiger partial charge < -0.3 is 19.1 Å². The van der Waals surface area contributed by atoms with Gasteiger partial charge in [0.2, 0.25) is 0 Å². The average molecular weight is 672 g/mol. The van der Waals surface area contributed by atoms with Crippen LogP contribution in [-0.2, 0) is 9.47 Å². The zero-order valence-electron chi connectivity index (χ0n) is 24.8. The van der Waals surface area contributed by atoms with E-state index in [1.54, 1.807) is 20.8 Å². The molecule has 0 radical (unpaired) electrons. The van der Waals surface area contributed by atoms with Crippen LogP contribution in [0.1, 0.15) is 45.6 Å². The maximum atomic E-state index is 17.0. The van der Waals surface area contributed by atoms with E-state index in [0.717, 1.165) is 24.2 Å². The van der Waals surface area contributed by atoms with E-state index in [9.17, 15) is 10.1 Å². The van der Waals surface area contributed by atoms with Crippen molar-refractivity contribution in [1.29, 1.82) is 5.26 Å². The monoisotopic (exact) mass is 671 g/mol. The molecule has 3 aliphatic rings. The second-order valence-corrected chi connectivity index (χ2v) is 14.3. The average Bonchev–Trinajstić information content (AvgIpc) is 3.66. The largest absolute Gasteiger partial charge is 0.491 e. The van der Waals surface area contributed by atoms with Crippen molar-refractivity contribution in [2.75, 3.05) is 29.7 Å². The fraction of sp³-hybridized carbons (Fsp3) is 0.419. The number of carbonyl (C=O) groups is 1. The number of benzene rings is 2. The molecule has 2 aromatic heterocycles. The molecule has 3 atom stereocenters. The molecule has 0 bridgehead atoms. The SMILES string of the molecule is CSc1nc2c3c(c(Cl)c(-c4ccc(F)c5sc(NC(=O)OC(C)(C)C)c(C#N)c45)c(F)c3n1)OCC[C@@H]1C[C@@H]3OCC[C@@H]3N21. The summed E-state index contributed by atoms with van der Waals surface area (Å²) in [6, 6.07) is 4.81. The van der Waals surface area contributed by atoms with E-state index >= 15 is 8.78 Å². The zero-order chi connectivity index (χ0) is 31.8. The lowest BCUT2D eigenvalue weighted by Crippen LogP contribution is -2.39. The van der Waals surface area contributed by atoms with Crippen LogP contribution in [0.3, 0.4) is 0 Å². The van der Waals surface area contributed by atoms with Crippen molar-refractivity contribution < 1.29 is 27.8 Å². The smallest absolute Gasteiger partial charge is 0.412 e. The maximum Gasteiger partial charge on any atom is 0.412 e. The van der Waals surface area contributed by atoms with Gasteiger partial charge in [-0.2, -0.15) is 5.26 Å².